The molecule has 45 heavy (non-hydrogen) atoms. The first kappa shape index (κ1) is 30.9. The SMILES string of the molecule is CC(=O)N(Cc1ccc(Cl)c(Cl)c1)C[C@@H](Cc1c[nH]c2ccccc12)NC(=O)CN1CC=C(c2c[nH]c3ccc(F)cc23)CC1. The van der Waals surface area contributed by atoms with Gasteiger partial charge in [0.05, 0.1) is 22.6 Å². The second kappa shape index (κ2) is 13.5. The Balaban J connectivity index is 1.16. The van der Waals surface area contributed by atoms with Crippen molar-refractivity contribution in [2.24, 2.45) is 0 Å². The molecule has 5 aromatic rings. The molecule has 2 aromatic heterocycles. The molecule has 0 spiro atoms. The van der Waals surface area contributed by atoms with Crippen LogP contribution in [-0.4, -0.2) is 63.8 Å². The number of carbonyl (C=O) groups excluding carboxylic acids is 2. The highest BCUT2D eigenvalue weighted by molar-refractivity contribution is 6.42. The summed E-state index contributed by atoms with van der Waals surface area (Å²) in [5, 5.41) is 6.05. The molecule has 0 saturated heterocycles. The lowest BCUT2D eigenvalue weighted by Gasteiger charge is -2.30. The van der Waals surface area contributed by atoms with Gasteiger partial charge in [-0.3, -0.25) is 14.5 Å². The number of benzene rings is 3. The van der Waals surface area contributed by atoms with Gasteiger partial charge in [-0.25, -0.2) is 4.39 Å². The van der Waals surface area contributed by atoms with Crippen LogP contribution in [0.2, 0.25) is 10.0 Å². The Morgan fingerprint density at radius 1 is 1.00 bits per heavy atom. The van der Waals surface area contributed by atoms with Crippen LogP contribution in [0.5, 0.6) is 0 Å². The number of hydrogen-bond donors (Lipinski definition) is 3. The highest BCUT2D eigenvalue weighted by atomic mass is 35.5. The van der Waals surface area contributed by atoms with E-state index in [0.717, 1.165) is 50.5 Å². The van der Waals surface area contributed by atoms with Gasteiger partial charge in [0.25, 0.3) is 0 Å². The van der Waals surface area contributed by atoms with Gasteiger partial charge in [-0.2, -0.15) is 0 Å². The number of hydrogen-bond acceptors (Lipinski definition) is 3. The van der Waals surface area contributed by atoms with Crippen molar-refractivity contribution < 1.29 is 14.0 Å². The highest BCUT2D eigenvalue weighted by Gasteiger charge is 2.23. The van der Waals surface area contributed by atoms with Gasteiger partial charge in [-0.05, 0) is 65.9 Å². The van der Waals surface area contributed by atoms with Crippen LogP contribution in [0.3, 0.4) is 0 Å². The lowest BCUT2D eigenvalue weighted by atomic mass is 9.99. The second-order valence-electron chi connectivity index (χ2n) is 11.6. The number of nitrogens with one attached hydrogen (secondary N) is 3. The molecule has 3 heterocycles. The molecule has 0 unspecified atom stereocenters. The average molecular weight is 647 g/mol. The minimum atomic E-state index is -0.333. The maximum absolute atomic E-state index is 13.9. The Morgan fingerprint density at radius 3 is 2.58 bits per heavy atom. The van der Waals surface area contributed by atoms with Crippen LogP contribution in [0.15, 0.2) is 79.1 Å². The quantitative estimate of drug-likeness (QED) is 0.153. The first-order valence-electron chi connectivity index (χ1n) is 15.0. The topological polar surface area (TPSA) is 84.2 Å². The van der Waals surface area contributed by atoms with Gasteiger partial charge in [0.2, 0.25) is 11.8 Å². The molecule has 1 aliphatic rings. The minimum absolute atomic E-state index is 0.106. The Labute approximate surface area is 271 Å². The van der Waals surface area contributed by atoms with Crippen LogP contribution in [0.25, 0.3) is 27.4 Å². The van der Waals surface area contributed by atoms with E-state index in [1.807, 2.05) is 36.7 Å². The smallest absolute Gasteiger partial charge is 0.234 e. The predicted molar refractivity (Wildman–Crippen MR) is 179 cm³/mol. The normalized spacial score (nSPS) is 14.4. The van der Waals surface area contributed by atoms with Gasteiger partial charge in [0.15, 0.2) is 0 Å². The van der Waals surface area contributed by atoms with E-state index in [4.69, 9.17) is 23.2 Å². The number of nitrogens with zero attached hydrogens (tertiary/aromatic N) is 2. The largest absolute Gasteiger partial charge is 0.361 e. The van der Waals surface area contributed by atoms with Gasteiger partial charge >= 0.3 is 0 Å². The van der Waals surface area contributed by atoms with E-state index in [1.165, 1.54) is 13.0 Å². The zero-order valence-electron chi connectivity index (χ0n) is 24.9. The molecule has 7 nitrogen and oxygen atoms in total. The van der Waals surface area contributed by atoms with Crippen molar-refractivity contribution >= 4 is 62.4 Å². The number of rotatable bonds is 10. The van der Waals surface area contributed by atoms with Crippen molar-refractivity contribution in [2.45, 2.75) is 32.4 Å². The molecular weight excluding hydrogens is 612 g/mol. The second-order valence-corrected chi connectivity index (χ2v) is 12.4. The molecule has 0 bridgehead atoms. The van der Waals surface area contributed by atoms with Crippen LogP contribution >= 0.6 is 23.2 Å². The lowest BCUT2D eigenvalue weighted by molar-refractivity contribution is -0.131. The molecule has 1 atom stereocenters. The van der Waals surface area contributed by atoms with Gasteiger partial charge in [-0.15, -0.1) is 0 Å². The summed E-state index contributed by atoms with van der Waals surface area (Å²) >= 11 is 12.3. The monoisotopic (exact) mass is 645 g/mol. The number of fused-ring (bicyclic) bond motifs is 2. The van der Waals surface area contributed by atoms with Gasteiger partial charge in [0.1, 0.15) is 5.82 Å². The summed E-state index contributed by atoms with van der Waals surface area (Å²) in [4.78, 5) is 36.6. The Bertz CT molecular complexity index is 1900. The number of aromatic nitrogens is 2. The number of amides is 2. The summed E-state index contributed by atoms with van der Waals surface area (Å²) < 4.78 is 13.9. The lowest BCUT2D eigenvalue weighted by Crippen LogP contribution is -2.49. The van der Waals surface area contributed by atoms with Crippen molar-refractivity contribution in [1.82, 2.24) is 25.1 Å². The third-order valence-corrected chi connectivity index (χ3v) is 9.14. The molecule has 1 aliphatic heterocycles. The summed E-state index contributed by atoms with van der Waals surface area (Å²) in [7, 11) is 0. The van der Waals surface area contributed by atoms with Crippen LogP contribution < -0.4 is 5.32 Å². The fourth-order valence-corrected chi connectivity index (χ4v) is 6.41. The molecule has 0 aliphatic carbocycles. The maximum Gasteiger partial charge on any atom is 0.234 e. The van der Waals surface area contributed by atoms with Crippen LogP contribution in [0, 0.1) is 5.82 Å². The predicted octanol–water partition coefficient (Wildman–Crippen LogP) is 6.96. The number of halogens is 3. The molecule has 3 aromatic carbocycles. The van der Waals surface area contributed by atoms with Crippen LogP contribution in [0.1, 0.15) is 30.0 Å². The van der Waals surface area contributed by atoms with Gasteiger partial charge in [0, 0.05) is 72.9 Å². The van der Waals surface area contributed by atoms with E-state index >= 15 is 0 Å². The molecule has 232 valence electrons. The third kappa shape index (κ3) is 7.25. The number of aromatic amines is 2. The van der Waals surface area contributed by atoms with Crippen molar-refractivity contribution in [3.8, 4) is 0 Å². The summed E-state index contributed by atoms with van der Waals surface area (Å²) in [5.74, 6) is -0.477. The molecule has 10 heteroatoms. The standard InChI is InChI=1S/C35H34Cl2FN5O2/c1-22(44)43(19-23-6-8-31(36)32(37)14-23)20-27(15-25-17-39-33-5-3-2-4-28(25)33)41-35(45)21-42-12-10-24(11-13-42)30-18-40-34-9-7-26(38)16-29(30)34/h2-10,14,16-18,27,39-40H,11-13,15,19-21H2,1H3,(H,41,45)/t27-/m1/s1. The fraction of sp³-hybridized carbons (Fsp3) is 0.257. The molecule has 0 fully saturated rings. The van der Waals surface area contributed by atoms with E-state index in [9.17, 15) is 14.0 Å². The average Bonchev–Trinajstić information content (AvgIpc) is 3.63. The number of H-pyrrole nitrogens is 2. The summed E-state index contributed by atoms with van der Waals surface area (Å²) in [6.07, 6.45) is 7.29. The first-order chi connectivity index (χ1) is 21.7. The molecule has 6 rings (SSSR count). The van der Waals surface area contributed by atoms with E-state index < -0.39 is 0 Å². The zero-order chi connectivity index (χ0) is 31.5. The minimum Gasteiger partial charge on any atom is -0.361 e. The van der Waals surface area contributed by atoms with Gasteiger partial charge < -0.3 is 20.2 Å². The van der Waals surface area contributed by atoms with Crippen LogP contribution in [0.4, 0.5) is 4.39 Å². The Hall–Kier alpha value is -4.11. The third-order valence-electron chi connectivity index (χ3n) is 8.40. The van der Waals surface area contributed by atoms with Crippen LogP contribution in [-0.2, 0) is 22.6 Å². The number of carbonyl (C=O) groups is 2. The summed E-state index contributed by atoms with van der Waals surface area (Å²) in [6.45, 7) is 3.72. The van der Waals surface area contributed by atoms with Crippen molar-refractivity contribution in [3.63, 3.8) is 0 Å². The fourth-order valence-electron chi connectivity index (χ4n) is 6.09. The summed E-state index contributed by atoms with van der Waals surface area (Å²) in [5.41, 5.74) is 5.97. The molecular formula is C35H34Cl2FN5O2. The van der Waals surface area contributed by atoms with Crippen molar-refractivity contribution in [3.05, 3.63) is 112 Å². The molecule has 3 N–H and O–H groups in total. The number of para-hydroxylation sites is 1. The molecule has 0 radical (unpaired) electrons. The van der Waals surface area contributed by atoms with E-state index in [2.05, 4.69) is 32.3 Å². The van der Waals surface area contributed by atoms with E-state index in [0.29, 0.717) is 42.6 Å². The first-order valence-corrected chi connectivity index (χ1v) is 15.7. The zero-order valence-corrected chi connectivity index (χ0v) is 26.4. The Morgan fingerprint density at radius 2 is 1.80 bits per heavy atom. The maximum atomic E-state index is 13.9. The molecule has 2 amide bonds. The molecule has 0 saturated carbocycles. The summed E-state index contributed by atoms with van der Waals surface area (Å²) in [6, 6.07) is 17.8. The van der Waals surface area contributed by atoms with Crippen molar-refractivity contribution in [2.75, 3.05) is 26.2 Å². The van der Waals surface area contributed by atoms with E-state index in [-0.39, 0.29) is 30.2 Å². The Kier molecular flexibility index (Phi) is 9.26. The van der Waals surface area contributed by atoms with Gasteiger partial charge in [-0.1, -0.05) is 53.5 Å². The highest BCUT2D eigenvalue weighted by Crippen LogP contribution is 2.30. The van der Waals surface area contributed by atoms with E-state index in [1.54, 1.807) is 29.2 Å². The van der Waals surface area contributed by atoms with Crippen molar-refractivity contribution in [1.29, 1.82) is 0 Å².